The molecular weight excluding hydrogens is 280 g/mol. The molecule has 116 valence electrons. The first-order valence-electron chi connectivity index (χ1n) is 7.10. The summed E-state index contributed by atoms with van der Waals surface area (Å²) in [5.74, 6) is 0.750. The molecule has 5 heteroatoms. The second-order valence-electron chi connectivity index (χ2n) is 4.75. The Bertz CT molecular complexity index is 602. The minimum Gasteiger partial charge on any atom is -0.486 e. The first-order valence-corrected chi connectivity index (χ1v) is 7.10. The minimum absolute atomic E-state index is 0.209. The van der Waals surface area contributed by atoms with Crippen molar-refractivity contribution >= 4 is 11.8 Å². The molecule has 3 N–H and O–H groups in total. The number of carbonyl (C=O) groups is 1. The van der Waals surface area contributed by atoms with Crippen LogP contribution in [0, 0.1) is 0 Å². The van der Waals surface area contributed by atoms with E-state index in [0.717, 1.165) is 17.0 Å². The second kappa shape index (κ2) is 7.93. The van der Waals surface area contributed by atoms with Gasteiger partial charge in [-0.1, -0.05) is 36.4 Å². The Kier molecular flexibility index (Phi) is 5.65. The third-order valence-corrected chi connectivity index (χ3v) is 3.20. The molecule has 22 heavy (non-hydrogen) atoms. The van der Waals surface area contributed by atoms with E-state index in [-0.39, 0.29) is 12.7 Å². The quantitative estimate of drug-likeness (QED) is 0.822. The number of hydrogen-bond acceptors (Lipinski definition) is 4. The van der Waals surface area contributed by atoms with Crippen LogP contribution in [0.3, 0.4) is 0 Å². The summed E-state index contributed by atoms with van der Waals surface area (Å²) >= 11 is 0. The van der Waals surface area contributed by atoms with Gasteiger partial charge in [0.05, 0.1) is 6.61 Å². The summed E-state index contributed by atoms with van der Waals surface area (Å²) in [7, 11) is 1.86. The molecule has 0 aliphatic heterocycles. The maximum atomic E-state index is 10.7. The van der Waals surface area contributed by atoms with Gasteiger partial charge in [-0.3, -0.25) is 0 Å². The zero-order chi connectivity index (χ0) is 15.8. The van der Waals surface area contributed by atoms with Gasteiger partial charge in [-0.15, -0.1) is 0 Å². The molecule has 2 aromatic rings. The van der Waals surface area contributed by atoms with Gasteiger partial charge in [-0.25, -0.2) is 4.79 Å². The topological polar surface area (TPSA) is 73.6 Å². The normalized spacial score (nSPS) is 11.5. The summed E-state index contributed by atoms with van der Waals surface area (Å²) < 4.78 is 10.9. The van der Waals surface area contributed by atoms with Crippen molar-refractivity contribution in [2.24, 2.45) is 5.73 Å². The number of benzene rings is 2. The minimum atomic E-state index is -0.774. The van der Waals surface area contributed by atoms with Gasteiger partial charge in [0, 0.05) is 25.2 Å². The molecule has 0 radical (unpaired) electrons. The Hall–Kier alpha value is -2.69. The smallest absolute Gasteiger partial charge is 0.404 e. The number of hydrogen-bond donors (Lipinski definition) is 2. The van der Waals surface area contributed by atoms with Crippen LogP contribution >= 0.6 is 0 Å². The van der Waals surface area contributed by atoms with Crippen molar-refractivity contribution in [3.63, 3.8) is 0 Å². The average molecular weight is 300 g/mol. The number of ether oxygens (including phenoxy) is 2. The summed E-state index contributed by atoms with van der Waals surface area (Å²) in [6, 6.07) is 17.5. The predicted molar refractivity (Wildman–Crippen MR) is 86.0 cm³/mol. The fourth-order valence-corrected chi connectivity index (χ4v) is 2.12. The van der Waals surface area contributed by atoms with E-state index in [1.165, 1.54) is 0 Å². The highest BCUT2D eigenvalue weighted by Crippen LogP contribution is 2.26. The molecule has 5 nitrogen and oxygen atoms in total. The van der Waals surface area contributed by atoms with Crippen molar-refractivity contribution in [2.45, 2.75) is 12.5 Å². The molecule has 0 saturated heterocycles. The fourth-order valence-electron chi connectivity index (χ4n) is 2.12. The number of rotatable bonds is 7. The molecule has 0 heterocycles. The van der Waals surface area contributed by atoms with Crippen LogP contribution in [0.25, 0.3) is 0 Å². The number of carbonyl (C=O) groups excluding carboxylic acids is 1. The molecule has 0 spiro atoms. The lowest BCUT2D eigenvalue weighted by molar-refractivity contribution is 0.123. The van der Waals surface area contributed by atoms with Crippen molar-refractivity contribution in [3.8, 4) is 5.75 Å². The highest BCUT2D eigenvalue weighted by atomic mass is 16.5. The van der Waals surface area contributed by atoms with E-state index < -0.39 is 6.09 Å². The summed E-state index contributed by atoms with van der Waals surface area (Å²) in [6.45, 7) is 0.209. The summed E-state index contributed by atoms with van der Waals surface area (Å²) in [5, 5.41) is 3.07. The molecule has 2 rings (SSSR count). The van der Waals surface area contributed by atoms with Gasteiger partial charge in [0.15, 0.2) is 0 Å². The van der Waals surface area contributed by atoms with Crippen LogP contribution in [0.15, 0.2) is 54.6 Å². The van der Waals surface area contributed by atoms with Crippen molar-refractivity contribution < 1.29 is 14.3 Å². The molecule has 0 aliphatic carbocycles. The zero-order valence-electron chi connectivity index (χ0n) is 12.5. The standard InChI is InChI=1S/C17H20N2O3/c1-19-14-8-5-9-15(12-14)22-16(10-11-21-17(18)20)13-6-3-2-4-7-13/h2-9,12,16,19H,10-11H2,1H3,(H2,18,20). The Labute approximate surface area is 130 Å². The lowest BCUT2D eigenvalue weighted by Crippen LogP contribution is -2.17. The Morgan fingerprint density at radius 3 is 2.64 bits per heavy atom. The van der Waals surface area contributed by atoms with Crippen molar-refractivity contribution in [3.05, 3.63) is 60.2 Å². The van der Waals surface area contributed by atoms with Crippen LogP contribution < -0.4 is 15.8 Å². The molecule has 0 bridgehead atoms. The number of primary amides is 1. The van der Waals surface area contributed by atoms with E-state index in [9.17, 15) is 4.79 Å². The number of amides is 1. The first-order chi connectivity index (χ1) is 10.7. The molecule has 1 amide bonds. The fraction of sp³-hybridized carbons (Fsp3) is 0.235. The molecule has 0 saturated carbocycles. The number of nitrogens with two attached hydrogens (primary N) is 1. The first kappa shape index (κ1) is 15.7. The molecule has 0 fully saturated rings. The van der Waals surface area contributed by atoms with Crippen LogP contribution in [0.1, 0.15) is 18.1 Å². The largest absolute Gasteiger partial charge is 0.486 e. The van der Waals surface area contributed by atoms with Crippen LogP contribution in [0.4, 0.5) is 10.5 Å². The lowest BCUT2D eigenvalue weighted by atomic mass is 10.1. The van der Waals surface area contributed by atoms with Gasteiger partial charge in [-0.05, 0) is 17.7 Å². The van der Waals surface area contributed by atoms with Gasteiger partial charge < -0.3 is 20.5 Å². The third kappa shape index (κ3) is 4.70. The molecule has 1 atom stereocenters. The van der Waals surface area contributed by atoms with Gasteiger partial charge in [0.1, 0.15) is 11.9 Å². The molecular formula is C17H20N2O3. The SMILES string of the molecule is CNc1cccc(OC(CCOC(N)=O)c2ccccc2)c1. The van der Waals surface area contributed by atoms with E-state index in [1.807, 2.05) is 61.6 Å². The Morgan fingerprint density at radius 2 is 1.95 bits per heavy atom. The van der Waals surface area contributed by atoms with E-state index in [0.29, 0.717) is 6.42 Å². The monoisotopic (exact) mass is 300 g/mol. The van der Waals surface area contributed by atoms with Crippen LogP contribution in [-0.4, -0.2) is 19.7 Å². The van der Waals surface area contributed by atoms with E-state index in [2.05, 4.69) is 5.32 Å². The Morgan fingerprint density at radius 1 is 1.18 bits per heavy atom. The number of anilines is 1. The lowest BCUT2D eigenvalue weighted by Gasteiger charge is -2.20. The molecule has 0 aliphatic rings. The third-order valence-electron chi connectivity index (χ3n) is 3.20. The summed E-state index contributed by atoms with van der Waals surface area (Å²) in [5.41, 5.74) is 6.99. The van der Waals surface area contributed by atoms with Crippen LogP contribution in [-0.2, 0) is 4.74 Å². The van der Waals surface area contributed by atoms with Crippen LogP contribution in [0.2, 0.25) is 0 Å². The summed E-state index contributed by atoms with van der Waals surface area (Å²) in [4.78, 5) is 10.7. The van der Waals surface area contributed by atoms with Crippen molar-refractivity contribution in [1.82, 2.24) is 0 Å². The van der Waals surface area contributed by atoms with Gasteiger partial charge in [0.25, 0.3) is 0 Å². The molecule has 2 aromatic carbocycles. The zero-order valence-corrected chi connectivity index (χ0v) is 12.5. The van der Waals surface area contributed by atoms with Gasteiger partial charge in [0.2, 0.25) is 0 Å². The van der Waals surface area contributed by atoms with Crippen LogP contribution in [0.5, 0.6) is 5.75 Å². The van der Waals surface area contributed by atoms with Gasteiger partial charge in [-0.2, -0.15) is 0 Å². The van der Waals surface area contributed by atoms with Crippen molar-refractivity contribution in [2.75, 3.05) is 19.0 Å². The molecule has 1 unspecified atom stereocenters. The van der Waals surface area contributed by atoms with E-state index in [1.54, 1.807) is 0 Å². The maximum Gasteiger partial charge on any atom is 0.404 e. The Balaban J connectivity index is 2.11. The predicted octanol–water partition coefficient (Wildman–Crippen LogP) is 3.33. The van der Waals surface area contributed by atoms with E-state index >= 15 is 0 Å². The average Bonchev–Trinajstić information content (AvgIpc) is 2.54. The maximum absolute atomic E-state index is 10.7. The highest BCUT2D eigenvalue weighted by molar-refractivity contribution is 5.64. The number of nitrogens with one attached hydrogen (secondary N) is 1. The highest BCUT2D eigenvalue weighted by Gasteiger charge is 2.14. The van der Waals surface area contributed by atoms with E-state index in [4.69, 9.17) is 15.2 Å². The van der Waals surface area contributed by atoms with Crippen molar-refractivity contribution in [1.29, 1.82) is 0 Å². The van der Waals surface area contributed by atoms with Gasteiger partial charge >= 0.3 is 6.09 Å². The summed E-state index contributed by atoms with van der Waals surface area (Å²) in [6.07, 6.45) is -0.465. The molecule has 0 aromatic heterocycles. The second-order valence-corrected chi connectivity index (χ2v) is 4.75.